The van der Waals surface area contributed by atoms with E-state index >= 15 is 0 Å². The fourth-order valence-electron chi connectivity index (χ4n) is 1.48. The second-order valence-electron chi connectivity index (χ2n) is 3.29. The van der Waals surface area contributed by atoms with Gasteiger partial charge in [-0.2, -0.15) is 0 Å². The van der Waals surface area contributed by atoms with Crippen molar-refractivity contribution < 1.29 is 7.96 Å². The smallest absolute Gasteiger partial charge is 1.00 e. The van der Waals surface area contributed by atoms with Crippen LogP contribution in [-0.4, -0.2) is 28.2 Å². The van der Waals surface area contributed by atoms with Crippen molar-refractivity contribution in [2.45, 2.75) is 6.42 Å². The van der Waals surface area contributed by atoms with Gasteiger partial charge < -0.3 is 7.96 Å². The molecule has 1 N–H and O–H groups in total. The zero-order valence-electron chi connectivity index (χ0n) is 10.6. The number of phenolic OH excluding ortho intramolecular Hbond substituents is 1. The van der Waals surface area contributed by atoms with E-state index in [0.717, 1.165) is 12.0 Å². The first-order valence-electron chi connectivity index (χ1n) is 4.67. The molecule has 0 aromatic heterocycles. The van der Waals surface area contributed by atoms with E-state index in [1.54, 1.807) is 6.07 Å². The molecule has 0 saturated heterocycles. The normalized spacial score (nSPS) is 9.33. The Labute approximate surface area is 109 Å². The summed E-state index contributed by atoms with van der Waals surface area (Å²) in [5.41, 5.74) is 2.19. The molecule has 0 heterocycles. The van der Waals surface area contributed by atoms with Gasteiger partial charge in [0.15, 0.2) is 0 Å². The fraction of sp³-hybridized carbons (Fsp3) is 0.0769. The van der Waals surface area contributed by atoms with Crippen molar-refractivity contribution in [1.29, 1.82) is 0 Å². The van der Waals surface area contributed by atoms with E-state index in [1.165, 1.54) is 5.56 Å². The summed E-state index contributed by atoms with van der Waals surface area (Å²) < 4.78 is 0. The average molecular weight is 211 g/mol. The van der Waals surface area contributed by atoms with Crippen molar-refractivity contribution in [1.82, 2.24) is 0 Å². The Kier molecular flexibility index (Phi) is 4.66. The van der Waals surface area contributed by atoms with Gasteiger partial charge in [-0.3, -0.25) is 0 Å². The number of rotatable bonds is 2. The van der Waals surface area contributed by atoms with Gasteiger partial charge in [0, 0.05) is 6.42 Å². The van der Waals surface area contributed by atoms with Crippen molar-refractivity contribution in [3.05, 3.63) is 65.7 Å². The summed E-state index contributed by atoms with van der Waals surface area (Å²) in [7, 11) is 0. The van der Waals surface area contributed by atoms with Crippen LogP contribution in [0.1, 0.15) is 14.0 Å². The summed E-state index contributed by atoms with van der Waals surface area (Å²) in [6.07, 6.45) is 0.785. The van der Waals surface area contributed by atoms with Crippen LogP contribution < -0.4 is 0 Å². The largest absolute Gasteiger partial charge is 2.00 e. The second-order valence-corrected chi connectivity index (χ2v) is 3.29. The number of aromatic hydroxyl groups is 1. The van der Waals surface area contributed by atoms with Crippen molar-refractivity contribution in [3.8, 4) is 5.75 Å². The third-order valence-electron chi connectivity index (χ3n) is 2.23. The molecule has 0 fully saturated rings. The molecule has 0 aliphatic carbocycles. The third kappa shape index (κ3) is 3.25. The maximum Gasteiger partial charge on any atom is 2.00 e. The van der Waals surface area contributed by atoms with Crippen LogP contribution in [-0.2, 0) is 6.42 Å². The van der Waals surface area contributed by atoms with E-state index in [4.69, 9.17) is 0 Å². The van der Waals surface area contributed by atoms with Crippen molar-refractivity contribution in [3.63, 3.8) is 0 Å². The predicted molar refractivity (Wildman–Crippen MR) is 65.3 cm³/mol. The van der Waals surface area contributed by atoms with Crippen LogP contribution in [0.2, 0.25) is 0 Å². The number of para-hydroxylation sites is 1. The molecule has 0 saturated carbocycles. The van der Waals surface area contributed by atoms with Crippen LogP contribution in [0.3, 0.4) is 0 Å². The Bertz CT molecular complexity index is 421. The molecule has 0 aliphatic heterocycles. The standard InChI is InChI=1S/C13H12O.Mg.2H/c14-13-9-5-4-8-12(13)10-11-6-2-1-3-7-11;;;/h1-9,14H,10H2;;;/q;+2;2*-1. The summed E-state index contributed by atoms with van der Waals surface area (Å²) in [6, 6.07) is 17.6. The molecule has 0 bridgehead atoms. The van der Waals surface area contributed by atoms with Crippen molar-refractivity contribution in [2.24, 2.45) is 0 Å². The first-order chi connectivity index (χ1) is 6.86. The number of phenols is 1. The molecule has 15 heavy (non-hydrogen) atoms. The quantitative estimate of drug-likeness (QED) is 0.756. The van der Waals surface area contributed by atoms with Gasteiger partial charge in [0.05, 0.1) is 0 Å². The predicted octanol–water partition coefficient (Wildman–Crippen LogP) is 2.83. The van der Waals surface area contributed by atoms with E-state index in [-0.39, 0.29) is 25.9 Å². The number of benzene rings is 2. The molecule has 0 aliphatic rings. The second kappa shape index (κ2) is 5.78. The van der Waals surface area contributed by atoms with Crippen LogP contribution in [0.5, 0.6) is 5.75 Å². The van der Waals surface area contributed by atoms with Crippen LogP contribution >= 0.6 is 0 Å². The number of hydrogen-bond donors (Lipinski definition) is 1. The fourth-order valence-corrected chi connectivity index (χ4v) is 1.48. The first-order valence-corrected chi connectivity index (χ1v) is 4.67. The molecule has 74 valence electrons. The topological polar surface area (TPSA) is 20.2 Å². The van der Waals surface area contributed by atoms with Gasteiger partial charge in [-0.25, -0.2) is 0 Å². The Hall–Kier alpha value is -0.994. The molecule has 0 spiro atoms. The minimum atomic E-state index is 0. The van der Waals surface area contributed by atoms with Gasteiger partial charge in [0.2, 0.25) is 0 Å². The summed E-state index contributed by atoms with van der Waals surface area (Å²) in [5.74, 6) is 0.372. The van der Waals surface area contributed by atoms with Crippen LogP contribution in [0.15, 0.2) is 54.6 Å². The zero-order valence-corrected chi connectivity index (χ0v) is 9.97. The zero-order chi connectivity index (χ0) is 9.80. The first kappa shape index (κ1) is 12.1. The minimum Gasteiger partial charge on any atom is -1.00 e. The van der Waals surface area contributed by atoms with Gasteiger partial charge in [-0.05, 0) is 17.2 Å². The van der Waals surface area contributed by atoms with Crippen molar-refractivity contribution in [2.75, 3.05) is 0 Å². The molecule has 2 rings (SSSR count). The molecular weight excluding hydrogens is 196 g/mol. The molecule has 0 atom stereocenters. The van der Waals surface area contributed by atoms with Crippen molar-refractivity contribution >= 4 is 23.1 Å². The molecule has 2 aromatic rings. The third-order valence-corrected chi connectivity index (χ3v) is 2.23. The van der Waals surface area contributed by atoms with E-state index in [1.807, 2.05) is 36.4 Å². The van der Waals surface area contributed by atoms with Gasteiger partial charge >= 0.3 is 23.1 Å². The van der Waals surface area contributed by atoms with Gasteiger partial charge in [-0.1, -0.05) is 48.5 Å². The van der Waals surface area contributed by atoms with E-state index in [9.17, 15) is 5.11 Å². The van der Waals surface area contributed by atoms with E-state index in [2.05, 4.69) is 12.1 Å². The molecule has 0 radical (unpaired) electrons. The van der Waals surface area contributed by atoms with E-state index < -0.39 is 0 Å². The SMILES string of the molecule is Oc1ccccc1Cc1ccccc1.[H-].[H-].[Mg+2]. The molecule has 0 amide bonds. The Balaban J connectivity index is 0. The van der Waals surface area contributed by atoms with Gasteiger partial charge in [0.1, 0.15) is 5.75 Å². The monoisotopic (exact) mass is 210 g/mol. The summed E-state index contributed by atoms with van der Waals surface area (Å²) >= 11 is 0. The summed E-state index contributed by atoms with van der Waals surface area (Å²) in [6.45, 7) is 0. The Morgan fingerprint density at radius 2 is 1.47 bits per heavy atom. The van der Waals surface area contributed by atoms with Crippen LogP contribution in [0.4, 0.5) is 0 Å². The van der Waals surface area contributed by atoms with Gasteiger partial charge in [-0.15, -0.1) is 0 Å². The molecule has 2 heteroatoms. The summed E-state index contributed by atoms with van der Waals surface area (Å²) in [5, 5.41) is 9.57. The van der Waals surface area contributed by atoms with Crippen LogP contribution in [0.25, 0.3) is 0 Å². The van der Waals surface area contributed by atoms with Crippen LogP contribution in [0, 0.1) is 0 Å². The summed E-state index contributed by atoms with van der Waals surface area (Å²) in [4.78, 5) is 0. The number of hydrogen-bond acceptors (Lipinski definition) is 1. The van der Waals surface area contributed by atoms with Gasteiger partial charge in [0.25, 0.3) is 0 Å². The Morgan fingerprint density at radius 1 is 0.867 bits per heavy atom. The molecular formula is C13H14MgO. The molecule has 1 nitrogen and oxygen atoms in total. The average Bonchev–Trinajstić information content (AvgIpc) is 2.23. The maximum atomic E-state index is 9.57. The molecule has 2 aromatic carbocycles. The van der Waals surface area contributed by atoms with E-state index in [0.29, 0.717) is 5.75 Å². The minimum absolute atomic E-state index is 0. The molecule has 0 unspecified atom stereocenters. The maximum absolute atomic E-state index is 9.57. The Morgan fingerprint density at radius 3 is 2.13 bits per heavy atom.